The molecule has 0 unspecified atom stereocenters. The highest BCUT2D eigenvalue weighted by Crippen LogP contribution is 2.23. The van der Waals surface area contributed by atoms with E-state index in [1.54, 1.807) is 43.5 Å². The van der Waals surface area contributed by atoms with Crippen LogP contribution in [0.25, 0.3) is 0 Å². The summed E-state index contributed by atoms with van der Waals surface area (Å²) in [7, 11) is 1.61. The van der Waals surface area contributed by atoms with Gasteiger partial charge >= 0.3 is 0 Å². The zero-order valence-corrected chi connectivity index (χ0v) is 15.0. The number of pyridine rings is 1. The number of nitrogens with one attached hydrogen (secondary N) is 1. The zero-order valence-electron chi connectivity index (χ0n) is 13.4. The van der Waals surface area contributed by atoms with Crippen LogP contribution >= 0.6 is 24.8 Å². The van der Waals surface area contributed by atoms with Gasteiger partial charge in [-0.05, 0) is 36.8 Å². The molecule has 1 aromatic heterocycles. The van der Waals surface area contributed by atoms with Crippen LogP contribution in [0.1, 0.15) is 13.3 Å². The number of nitrogens with two attached hydrogens (primary N) is 1. The Morgan fingerprint density at radius 2 is 1.79 bits per heavy atom. The highest BCUT2D eigenvalue weighted by atomic mass is 35.5. The fourth-order valence-corrected chi connectivity index (χ4v) is 1.70. The number of methoxy groups -OCH3 is 1. The molecule has 132 valence electrons. The van der Waals surface area contributed by atoms with Crippen molar-refractivity contribution in [3.05, 3.63) is 42.6 Å². The first-order valence-corrected chi connectivity index (χ1v) is 6.96. The Morgan fingerprint density at radius 1 is 1.17 bits per heavy atom. The molecule has 0 aliphatic rings. The third-order valence-electron chi connectivity index (χ3n) is 3.06. The fourth-order valence-electron chi connectivity index (χ4n) is 1.70. The van der Waals surface area contributed by atoms with Crippen LogP contribution in [-0.2, 0) is 4.79 Å². The number of anilines is 1. The van der Waals surface area contributed by atoms with Gasteiger partial charge in [0.05, 0.1) is 25.0 Å². The summed E-state index contributed by atoms with van der Waals surface area (Å²) in [5, 5.41) is 2.70. The Labute approximate surface area is 153 Å². The number of halogens is 2. The number of benzene rings is 1. The quantitative estimate of drug-likeness (QED) is 0.809. The van der Waals surface area contributed by atoms with E-state index in [9.17, 15) is 4.79 Å². The van der Waals surface area contributed by atoms with E-state index in [4.69, 9.17) is 15.2 Å². The molecule has 2 aromatic rings. The maximum atomic E-state index is 11.7. The molecule has 1 atom stereocenters. The van der Waals surface area contributed by atoms with Crippen molar-refractivity contribution in [1.29, 1.82) is 0 Å². The van der Waals surface area contributed by atoms with Crippen molar-refractivity contribution in [2.45, 2.75) is 19.4 Å². The van der Waals surface area contributed by atoms with Crippen LogP contribution in [0.3, 0.4) is 0 Å². The smallest absolute Gasteiger partial charge is 0.241 e. The molecular formula is C16H21Cl2N3O3. The number of hydrogen-bond donors (Lipinski definition) is 2. The first-order chi connectivity index (χ1) is 10.6. The van der Waals surface area contributed by atoms with E-state index in [0.717, 1.165) is 5.75 Å². The maximum absolute atomic E-state index is 11.7. The lowest BCUT2D eigenvalue weighted by Crippen LogP contribution is -2.34. The summed E-state index contributed by atoms with van der Waals surface area (Å²) in [5.74, 6) is 1.61. The number of aromatic nitrogens is 1. The van der Waals surface area contributed by atoms with Gasteiger partial charge in [0.1, 0.15) is 11.5 Å². The second kappa shape index (κ2) is 10.7. The number of rotatable bonds is 6. The van der Waals surface area contributed by atoms with Crippen molar-refractivity contribution in [2.75, 3.05) is 12.4 Å². The van der Waals surface area contributed by atoms with Crippen LogP contribution in [0.5, 0.6) is 17.4 Å². The van der Waals surface area contributed by atoms with Crippen molar-refractivity contribution in [2.24, 2.45) is 5.73 Å². The number of carbonyl (C=O) groups excluding carboxylic acids is 1. The molecule has 8 heteroatoms. The van der Waals surface area contributed by atoms with E-state index >= 15 is 0 Å². The Morgan fingerprint density at radius 3 is 2.29 bits per heavy atom. The van der Waals surface area contributed by atoms with E-state index in [-0.39, 0.29) is 30.7 Å². The minimum absolute atomic E-state index is 0. The van der Waals surface area contributed by atoms with Gasteiger partial charge in [-0.3, -0.25) is 4.79 Å². The van der Waals surface area contributed by atoms with E-state index in [1.165, 1.54) is 6.20 Å². The minimum atomic E-state index is -0.518. The van der Waals surface area contributed by atoms with Gasteiger partial charge in [-0.2, -0.15) is 0 Å². The summed E-state index contributed by atoms with van der Waals surface area (Å²) in [6.07, 6.45) is 2.11. The highest BCUT2D eigenvalue weighted by molar-refractivity contribution is 5.94. The number of ether oxygens (including phenoxy) is 2. The van der Waals surface area contributed by atoms with Crippen LogP contribution in [0, 0.1) is 0 Å². The summed E-state index contributed by atoms with van der Waals surface area (Å²) in [6.45, 7) is 1.86. The molecule has 0 spiro atoms. The summed E-state index contributed by atoms with van der Waals surface area (Å²) in [5.41, 5.74) is 6.23. The van der Waals surface area contributed by atoms with Crippen molar-refractivity contribution in [3.8, 4) is 17.4 Å². The SMILES string of the molecule is CC[C@H](N)C(=O)Nc1ccc(Oc2ccc(OC)cc2)nc1.Cl.Cl. The molecule has 0 bridgehead atoms. The van der Waals surface area contributed by atoms with E-state index in [2.05, 4.69) is 10.3 Å². The second-order valence-corrected chi connectivity index (χ2v) is 4.67. The van der Waals surface area contributed by atoms with Crippen LogP contribution in [-0.4, -0.2) is 24.0 Å². The van der Waals surface area contributed by atoms with Crippen LogP contribution < -0.4 is 20.5 Å². The topological polar surface area (TPSA) is 86.5 Å². The second-order valence-electron chi connectivity index (χ2n) is 4.67. The largest absolute Gasteiger partial charge is 0.497 e. The van der Waals surface area contributed by atoms with Gasteiger partial charge in [-0.15, -0.1) is 24.8 Å². The number of nitrogens with zero attached hydrogens (tertiary/aromatic N) is 1. The van der Waals surface area contributed by atoms with Crippen molar-refractivity contribution >= 4 is 36.4 Å². The Kier molecular flexibility index (Phi) is 9.80. The standard InChI is InChI=1S/C16H19N3O3.2ClH/c1-3-14(17)16(20)19-11-4-9-15(18-10-11)22-13-7-5-12(21-2)6-8-13;;/h4-10,14H,3,17H2,1-2H3,(H,19,20);2*1H/t14-;;/m0../s1. The third kappa shape index (κ3) is 6.23. The minimum Gasteiger partial charge on any atom is -0.497 e. The molecule has 3 N–H and O–H groups in total. The molecule has 2 rings (SSSR count). The van der Waals surface area contributed by atoms with Gasteiger partial charge in [-0.25, -0.2) is 4.98 Å². The third-order valence-corrected chi connectivity index (χ3v) is 3.06. The molecule has 1 aromatic carbocycles. The van der Waals surface area contributed by atoms with Crippen molar-refractivity contribution < 1.29 is 14.3 Å². The molecule has 0 saturated heterocycles. The molecule has 1 heterocycles. The molecule has 0 saturated carbocycles. The molecule has 1 amide bonds. The average Bonchev–Trinajstić information content (AvgIpc) is 2.56. The predicted octanol–water partition coefficient (Wildman–Crippen LogP) is 3.40. The van der Waals surface area contributed by atoms with E-state index in [0.29, 0.717) is 23.7 Å². The van der Waals surface area contributed by atoms with Crippen molar-refractivity contribution in [3.63, 3.8) is 0 Å². The van der Waals surface area contributed by atoms with Gasteiger partial charge in [0.15, 0.2) is 0 Å². The maximum Gasteiger partial charge on any atom is 0.241 e. The van der Waals surface area contributed by atoms with E-state index in [1.807, 2.05) is 6.92 Å². The summed E-state index contributed by atoms with van der Waals surface area (Å²) in [4.78, 5) is 15.8. The monoisotopic (exact) mass is 373 g/mol. The first kappa shape index (κ1) is 22.0. The summed E-state index contributed by atoms with van der Waals surface area (Å²) >= 11 is 0. The average molecular weight is 374 g/mol. The molecule has 0 fully saturated rings. The van der Waals surface area contributed by atoms with E-state index < -0.39 is 6.04 Å². The lowest BCUT2D eigenvalue weighted by Gasteiger charge is -2.10. The molecule has 24 heavy (non-hydrogen) atoms. The van der Waals surface area contributed by atoms with Crippen molar-refractivity contribution in [1.82, 2.24) is 4.98 Å². The van der Waals surface area contributed by atoms with Gasteiger partial charge < -0.3 is 20.5 Å². The van der Waals surface area contributed by atoms with Gasteiger partial charge in [0, 0.05) is 6.07 Å². The molecule has 0 aliphatic heterocycles. The lowest BCUT2D eigenvalue weighted by atomic mass is 10.2. The highest BCUT2D eigenvalue weighted by Gasteiger charge is 2.11. The number of hydrogen-bond acceptors (Lipinski definition) is 5. The molecule has 0 radical (unpaired) electrons. The van der Waals surface area contributed by atoms with Gasteiger partial charge in [0.2, 0.25) is 11.8 Å². The van der Waals surface area contributed by atoms with Crippen LogP contribution in [0.2, 0.25) is 0 Å². The normalized spacial score (nSPS) is 10.6. The van der Waals surface area contributed by atoms with Crippen LogP contribution in [0.15, 0.2) is 42.6 Å². The fraction of sp³-hybridized carbons (Fsp3) is 0.250. The Bertz CT molecular complexity index is 621. The van der Waals surface area contributed by atoms with Gasteiger partial charge in [-0.1, -0.05) is 6.92 Å². The molecule has 0 aliphatic carbocycles. The number of carbonyl (C=O) groups is 1. The van der Waals surface area contributed by atoms with Crippen LogP contribution in [0.4, 0.5) is 5.69 Å². The first-order valence-electron chi connectivity index (χ1n) is 6.96. The summed E-state index contributed by atoms with van der Waals surface area (Å²) < 4.78 is 10.7. The molecule has 6 nitrogen and oxygen atoms in total. The molecular weight excluding hydrogens is 353 g/mol. The predicted molar refractivity (Wildman–Crippen MR) is 98.7 cm³/mol. The Balaban J connectivity index is 0.00000264. The van der Waals surface area contributed by atoms with Gasteiger partial charge in [0.25, 0.3) is 0 Å². The lowest BCUT2D eigenvalue weighted by molar-refractivity contribution is -0.117. The number of amides is 1. The zero-order chi connectivity index (χ0) is 15.9. The summed E-state index contributed by atoms with van der Waals surface area (Å²) in [6, 6.07) is 10.1. The Hall–Kier alpha value is -2.02.